The molecule has 0 radical (unpaired) electrons. The van der Waals surface area contributed by atoms with Crippen LogP contribution in [-0.2, 0) is 5.54 Å². The van der Waals surface area contributed by atoms with Gasteiger partial charge in [-0.15, -0.1) is 0 Å². The van der Waals surface area contributed by atoms with Crippen LogP contribution in [-0.4, -0.2) is 41.8 Å². The minimum Gasteiger partial charge on any atom is -0.479 e. The van der Waals surface area contributed by atoms with E-state index in [0.717, 1.165) is 22.3 Å². The first-order valence-corrected chi connectivity index (χ1v) is 8.70. The van der Waals surface area contributed by atoms with Crippen molar-refractivity contribution >= 4 is 11.2 Å². The summed E-state index contributed by atoms with van der Waals surface area (Å²) in [5, 5.41) is 8.85. The number of aromatic nitrogens is 6. The highest BCUT2D eigenvalue weighted by molar-refractivity contribution is 5.84. The Morgan fingerprint density at radius 3 is 2.70 bits per heavy atom. The molecule has 138 valence electrons. The Morgan fingerprint density at radius 1 is 1.15 bits per heavy atom. The van der Waals surface area contributed by atoms with E-state index in [9.17, 15) is 0 Å². The zero-order valence-corrected chi connectivity index (χ0v) is 15.1. The highest BCUT2D eigenvalue weighted by atomic mass is 16.5. The Hall–Kier alpha value is -3.04. The van der Waals surface area contributed by atoms with Gasteiger partial charge in [-0.3, -0.25) is 0 Å². The second-order valence-corrected chi connectivity index (χ2v) is 7.61. The molecule has 27 heavy (non-hydrogen) atoms. The van der Waals surface area contributed by atoms with Crippen molar-refractivity contribution in [1.82, 2.24) is 29.2 Å². The fourth-order valence-electron chi connectivity index (χ4n) is 4.10. The maximum Gasteiger partial charge on any atom is 0.242 e. The summed E-state index contributed by atoms with van der Waals surface area (Å²) in [5.41, 5.74) is 15.2. The van der Waals surface area contributed by atoms with Crippen molar-refractivity contribution in [2.45, 2.75) is 30.8 Å². The highest BCUT2D eigenvalue weighted by Crippen LogP contribution is 2.44. The molecule has 9 nitrogen and oxygen atoms in total. The predicted octanol–water partition coefficient (Wildman–Crippen LogP) is 1.11. The van der Waals surface area contributed by atoms with E-state index in [1.54, 1.807) is 16.1 Å². The normalized spacial score (nSPS) is 25.0. The standard InChI is InChI=1S/C18H20N8O/c1-17(19)8-18(20,9-17)16-23-15(27-2)14-12(5-6-25(14)24-16)11-3-4-13-21-10-22-26(13)7-11/h3-7,10H,8-9,19-20H2,1-2H3. The molecule has 0 atom stereocenters. The molecular weight excluding hydrogens is 344 g/mol. The second-order valence-electron chi connectivity index (χ2n) is 7.61. The average molecular weight is 364 g/mol. The van der Waals surface area contributed by atoms with Crippen molar-refractivity contribution in [3.8, 4) is 17.0 Å². The van der Waals surface area contributed by atoms with Crippen molar-refractivity contribution in [2.24, 2.45) is 11.5 Å². The molecule has 0 unspecified atom stereocenters. The van der Waals surface area contributed by atoms with Crippen LogP contribution >= 0.6 is 0 Å². The first kappa shape index (κ1) is 16.2. The number of hydrogen-bond donors (Lipinski definition) is 2. The number of methoxy groups -OCH3 is 1. The van der Waals surface area contributed by atoms with Crippen LogP contribution in [0.2, 0.25) is 0 Å². The number of nitrogens with two attached hydrogens (primary N) is 2. The SMILES string of the molecule is COc1nc(C2(N)CC(C)(N)C2)nn2ccc(-c3ccc4ncnn4c3)c12. The molecular formula is C18H20N8O. The van der Waals surface area contributed by atoms with Crippen molar-refractivity contribution in [3.63, 3.8) is 0 Å². The molecule has 0 amide bonds. The lowest BCUT2D eigenvalue weighted by Crippen LogP contribution is -2.63. The zero-order valence-electron chi connectivity index (χ0n) is 15.1. The topological polar surface area (TPSA) is 122 Å². The molecule has 9 heteroatoms. The summed E-state index contributed by atoms with van der Waals surface area (Å²) in [5.74, 6) is 1.03. The number of pyridine rings is 1. The fraction of sp³-hybridized carbons (Fsp3) is 0.333. The Bertz CT molecular complexity index is 1170. The van der Waals surface area contributed by atoms with Crippen LogP contribution < -0.4 is 16.2 Å². The first-order valence-electron chi connectivity index (χ1n) is 8.70. The number of nitrogens with zero attached hydrogens (tertiary/aromatic N) is 6. The molecule has 1 aliphatic carbocycles. The molecule has 1 fully saturated rings. The van der Waals surface area contributed by atoms with E-state index in [4.69, 9.17) is 16.2 Å². The third-order valence-electron chi connectivity index (χ3n) is 5.14. The van der Waals surface area contributed by atoms with Gasteiger partial charge in [0, 0.05) is 29.1 Å². The van der Waals surface area contributed by atoms with Gasteiger partial charge >= 0.3 is 0 Å². The van der Waals surface area contributed by atoms with Crippen molar-refractivity contribution in [2.75, 3.05) is 7.11 Å². The lowest BCUT2D eigenvalue weighted by Gasteiger charge is -2.49. The van der Waals surface area contributed by atoms with E-state index < -0.39 is 5.54 Å². The van der Waals surface area contributed by atoms with E-state index in [-0.39, 0.29) is 5.54 Å². The molecule has 0 saturated heterocycles. The predicted molar refractivity (Wildman–Crippen MR) is 99.2 cm³/mol. The lowest BCUT2D eigenvalue weighted by atomic mass is 9.64. The zero-order chi connectivity index (χ0) is 18.8. The molecule has 0 bridgehead atoms. The van der Waals surface area contributed by atoms with Gasteiger partial charge in [-0.25, -0.2) is 14.0 Å². The molecule has 0 aliphatic heterocycles. The van der Waals surface area contributed by atoms with Crippen LogP contribution in [0.1, 0.15) is 25.6 Å². The Balaban J connectivity index is 1.65. The smallest absolute Gasteiger partial charge is 0.242 e. The molecule has 0 spiro atoms. The van der Waals surface area contributed by atoms with E-state index >= 15 is 0 Å². The van der Waals surface area contributed by atoms with Crippen molar-refractivity contribution in [3.05, 3.63) is 42.7 Å². The second kappa shape index (κ2) is 5.24. The molecule has 1 aliphatic rings. The van der Waals surface area contributed by atoms with Gasteiger partial charge in [0.15, 0.2) is 11.5 Å². The van der Waals surface area contributed by atoms with E-state index in [1.807, 2.05) is 37.5 Å². The van der Waals surface area contributed by atoms with Gasteiger partial charge in [-0.2, -0.15) is 15.2 Å². The number of ether oxygens (including phenoxy) is 1. The van der Waals surface area contributed by atoms with Gasteiger partial charge in [0.25, 0.3) is 0 Å². The molecule has 4 N–H and O–H groups in total. The minimum absolute atomic E-state index is 0.282. The number of hydrogen-bond acceptors (Lipinski definition) is 7. The summed E-state index contributed by atoms with van der Waals surface area (Å²) >= 11 is 0. The maximum absolute atomic E-state index is 6.49. The van der Waals surface area contributed by atoms with Gasteiger partial charge < -0.3 is 16.2 Å². The molecule has 5 rings (SSSR count). The minimum atomic E-state index is -0.630. The van der Waals surface area contributed by atoms with Crippen LogP contribution in [0.25, 0.3) is 22.3 Å². The molecule has 1 saturated carbocycles. The van der Waals surface area contributed by atoms with Gasteiger partial charge in [0.2, 0.25) is 5.88 Å². The van der Waals surface area contributed by atoms with Crippen LogP contribution in [0.15, 0.2) is 36.9 Å². The summed E-state index contributed by atoms with van der Waals surface area (Å²) in [4.78, 5) is 8.80. The van der Waals surface area contributed by atoms with Crippen LogP contribution in [0.4, 0.5) is 0 Å². The molecule has 4 heterocycles. The van der Waals surface area contributed by atoms with Crippen LogP contribution in [0.3, 0.4) is 0 Å². The quantitative estimate of drug-likeness (QED) is 0.558. The van der Waals surface area contributed by atoms with E-state index in [1.165, 1.54) is 6.33 Å². The monoisotopic (exact) mass is 364 g/mol. The van der Waals surface area contributed by atoms with Gasteiger partial charge in [0.05, 0.1) is 12.6 Å². The summed E-state index contributed by atoms with van der Waals surface area (Å²) in [6.07, 6.45) is 6.59. The molecule has 0 aromatic carbocycles. The van der Waals surface area contributed by atoms with E-state index in [2.05, 4.69) is 20.2 Å². The van der Waals surface area contributed by atoms with E-state index in [0.29, 0.717) is 24.5 Å². The van der Waals surface area contributed by atoms with Gasteiger partial charge in [0.1, 0.15) is 11.8 Å². The Labute approximate surface area is 155 Å². The highest BCUT2D eigenvalue weighted by Gasteiger charge is 2.50. The first-order chi connectivity index (χ1) is 12.9. The Morgan fingerprint density at radius 2 is 1.96 bits per heavy atom. The molecule has 4 aromatic heterocycles. The summed E-state index contributed by atoms with van der Waals surface area (Å²) in [6.45, 7) is 1.99. The Kier molecular flexibility index (Phi) is 3.14. The van der Waals surface area contributed by atoms with Gasteiger partial charge in [-0.1, -0.05) is 0 Å². The fourth-order valence-corrected chi connectivity index (χ4v) is 4.10. The third kappa shape index (κ3) is 2.39. The van der Waals surface area contributed by atoms with Crippen molar-refractivity contribution in [1.29, 1.82) is 0 Å². The summed E-state index contributed by atoms with van der Waals surface area (Å²) in [7, 11) is 1.60. The van der Waals surface area contributed by atoms with Crippen LogP contribution in [0.5, 0.6) is 5.88 Å². The van der Waals surface area contributed by atoms with Crippen LogP contribution in [0, 0.1) is 0 Å². The number of rotatable bonds is 3. The average Bonchev–Trinajstić information content (AvgIpc) is 3.24. The molecule has 4 aromatic rings. The maximum atomic E-state index is 6.49. The third-order valence-corrected chi connectivity index (χ3v) is 5.14. The summed E-state index contributed by atoms with van der Waals surface area (Å²) < 4.78 is 9.08. The lowest BCUT2D eigenvalue weighted by molar-refractivity contribution is 0.114. The van der Waals surface area contributed by atoms with Crippen molar-refractivity contribution < 1.29 is 4.74 Å². The summed E-state index contributed by atoms with van der Waals surface area (Å²) in [6, 6.07) is 5.88. The largest absolute Gasteiger partial charge is 0.479 e. The number of fused-ring (bicyclic) bond motifs is 2. The van der Waals surface area contributed by atoms with Gasteiger partial charge in [-0.05, 0) is 38.0 Å².